The second kappa shape index (κ2) is 6.75. The minimum atomic E-state index is 0.530. The van der Waals surface area contributed by atoms with E-state index in [0.29, 0.717) is 5.88 Å². The Kier molecular flexibility index (Phi) is 4.09. The third-order valence-electron chi connectivity index (χ3n) is 4.82. The lowest BCUT2D eigenvalue weighted by molar-refractivity contribution is 0.396. The Bertz CT molecular complexity index is 1140. The van der Waals surface area contributed by atoms with Crippen LogP contribution in [0.5, 0.6) is 5.88 Å². The number of pyridine rings is 1. The zero-order valence-corrected chi connectivity index (χ0v) is 16.4. The van der Waals surface area contributed by atoms with E-state index in [1.165, 1.54) is 29.0 Å². The molecule has 5 rings (SSSR count). The lowest BCUT2D eigenvalue weighted by Gasteiger charge is -2.09. The maximum absolute atomic E-state index is 5.50. The zero-order valence-electron chi connectivity index (χ0n) is 15.6. The molecular weight excluding hydrogens is 374 g/mol. The highest BCUT2D eigenvalue weighted by atomic mass is 32.1. The van der Waals surface area contributed by atoms with Gasteiger partial charge in [-0.2, -0.15) is 5.10 Å². The first-order chi connectivity index (χ1) is 13.7. The van der Waals surface area contributed by atoms with Crippen LogP contribution in [0.2, 0.25) is 0 Å². The van der Waals surface area contributed by atoms with Gasteiger partial charge in [0.15, 0.2) is 10.9 Å². The number of rotatable bonds is 5. The minimum Gasteiger partial charge on any atom is -0.479 e. The lowest BCUT2D eigenvalue weighted by atomic mass is 10.2. The van der Waals surface area contributed by atoms with Gasteiger partial charge in [0.05, 0.1) is 24.8 Å². The van der Waals surface area contributed by atoms with Gasteiger partial charge < -0.3 is 14.6 Å². The van der Waals surface area contributed by atoms with Gasteiger partial charge in [-0.25, -0.2) is 15.0 Å². The second-order valence-corrected chi connectivity index (χ2v) is 7.55. The van der Waals surface area contributed by atoms with E-state index in [1.807, 2.05) is 35.2 Å². The summed E-state index contributed by atoms with van der Waals surface area (Å²) in [7, 11) is 1.62. The maximum Gasteiger partial charge on any atom is 0.238 e. The molecule has 0 spiro atoms. The third kappa shape index (κ3) is 2.93. The van der Waals surface area contributed by atoms with Crippen molar-refractivity contribution in [3.63, 3.8) is 0 Å². The number of nitrogens with one attached hydrogen (secondary N) is 2. The van der Waals surface area contributed by atoms with Crippen LogP contribution in [0.3, 0.4) is 0 Å². The van der Waals surface area contributed by atoms with E-state index in [-0.39, 0.29) is 0 Å². The van der Waals surface area contributed by atoms with Crippen molar-refractivity contribution in [2.75, 3.05) is 12.4 Å². The summed E-state index contributed by atoms with van der Waals surface area (Å²) in [6.45, 7) is 1.95. The van der Waals surface area contributed by atoms with Gasteiger partial charge in [0.25, 0.3) is 0 Å². The highest BCUT2D eigenvalue weighted by molar-refractivity contribution is 7.14. The summed E-state index contributed by atoms with van der Waals surface area (Å²) in [6.07, 6.45) is 6.99. The van der Waals surface area contributed by atoms with Gasteiger partial charge in [-0.3, -0.25) is 5.10 Å². The third-order valence-corrected chi connectivity index (χ3v) is 5.58. The Morgan fingerprint density at radius 1 is 1.21 bits per heavy atom. The van der Waals surface area contributed by atoms with Crippen LogP contribution in [0.15, 0.2) is 30.0 Å². The van der Waals surface area contributed by atoms with Crippen LogP contribution >= 0.6 is 11.3 Å². The summed E-state index contributed by atoms with van der Waals surface area (Å²) in [5.41, 5.74) is 5.84. The van der Waals surface area contributed by atoms with E-state index >= 15 is 0 Å². The Balaban J connectivity index is 1.42. The Hall–Kier alpha value is -3.20. The normalized spacial score (nSPS) is 12.9. The largest absolute Gasteiger partial charge is 0.479 e. The average molecular weight is 393 g/mol. The van der Waals surface area contributed by atoms with Crippen LogP contribution in [0.1, 0.15) is 23.4 Å². The highest BCUT2D eigenvalue weighted by Gasteiger charge is 2.19. The van der Waals surface area contributed by atoms with Gasteiger partial charge in [0, 0.05) is 22.8 Å². The number of H-pyrrole nitrogens is 1. The molecule has 0 radical (unpaired) electrons. The molecule has 4 heterocycles. The van der Waals surface area contributed by atoms with Gasteiger partial charge in [-0.05, 0) is 38.3 Å². The molecule has 1 aliphatic carbocycles. The van der Waals surface area contributed by atoms with Crippen LogP contribution in [0, 0.1) is 6.92 Å². The van der Waals surface area contributed by atoms with Gasteiger partial charge in [-0.15, -0.1) is 11.3 Å². The van der Waals surface area contributed by atoms with Crippen LogP contribution in [0.25, 0.3) is 17.1 Å². The quantitative estimate of drug-likeness (QED) is 0.537. The first-order valence-corrected chi connectivity index (χ1v) is 9.94. The SMILES string of the molecule is COc1nc(-c2csc(Nc3n[nH]c4c3CCC4)n2)ccc1-n1cnc(C)c1. The molecule has 0 aliphatic heterocycles. The zero-order chi connectivity index (χ0) is 19.1. The molecule has 0 bridgehead atoms. The number of hydrogen-bond donors (Lipinski definition) is 2. The molecule has 4 aromatic heterocycles. The van der Waals surface area contributed by atoms with E-state index in [9.17, 15) is 0 Å². The number of nitrogens with zero attached hydrogens (tertiary/aromatic N) is 5. The number of ether oxygens (including phenoxy) is 1. The number of aryl methyl sites for hydroxylation is 2. The number of anilines is 2. The van der Waals surface area contributed by atoms with Crippen molar-refractivity contribution in [3.8, 4) is 23.0 Å². The number of aromatic nitrogens is 6. The molecule has 0 saturated carbocycles. The molecule has 142 valence electrons. The molecule has 0 fully saturated rings. The van der Waals surface area contributed by atoms with Gasteiger partial charge >= 0.3 is 0 Å². The van der Waals surface area contributed by atoms with Crippen molar-refractivity contribution in [3.05, 3.63) is 47.0 Å². The highest BCUT2D eigenvalue weighted by Crippen LogP contribution is 2.32. The fourth-order valence-corrected chi connectivity index (χ4v) is 4.15. The predicted octanol–water partition coefficient (Wildman–Crippen LogP) is 3.66. The molecule has 1 aliphatic rings. The molecule has 0 amide bonds. The average Bonchev–Trinajstić information content (AvgIpc) is 3.48. The van der Waals surface area contributed by atoms with Gasteiger partial charge in [0.1, 0.15) is 11.4 Å². The molecule has 0 unspecified atom stereocenters. The number of aromatic amines is 1. The first kappa shape index (κ1) is 16.9. The topological polar surface area (TPSA) is 93.5 Å². The van der Waals surface area contributed by atoms with Crippen molar-refractivity contribution < 1.29 is 4.74 Å². The Morgan fingerprint density at radius 3 is 2.96 bits per heavy atom. The van der Waals surface area contributed by atoms with E-state index in [2.05, 4.69) is 30.5 Å². The molecule has 9 heteroatoms. The van der Waals surface area contributed by atoms with Gasteiger partial charge in [-0.1, -0.05) is 0 Å². The molecule has 2 N–H and O–H groups in total. The second-order valence-electron chi connectivity index (χ2n) is 6.69. The summed E-state index contributed by atoms with van der Waals surface area (Å²) in [6, 6.07) is 3.91. The molecule has 4 aromatic rings. The number of fused-ring (bicyclic) bond motifs is 1. The van der Waals surface area contributed by atoms with E-state index in [4.69, 9.17) is 4.74 Å². The maximum atomic E-state index is 5.50. The number of methoxy groups -OCH3 is 1. The van der Waals surface area contributed by atoms with Crippen molar-refractivity contribution in [1.29, 1.82) is 0 Å². The van der Waals surface area contributed by atoms with E-state index in [1.54, 1.807) is 13.4 Å². The molecule has 0 saturated heterocycles. The van der Waals surface area contributed by atoms with Crippen LogP contribution in [-0.2, 0) is 12.8 Å². The first-order valence-electron chi connectivity index (χ1n) is 9.06. The van der Waals surface area contributed by atoms with Crippen LogP contribution < -0.4 is 10.1 Å². The number of imidazole rings is 1. The predicted molar refractivity (Wildman–Crippen MR) is 108 cm³/mol. The van der Waals surface area contributed by atoms with Crippen molar-refractivity contribution in [1.82, 2.24) is 29.7 Å². The van der Waals surface area contributed by atoms with Crippen LogP contribution in [-0.4, -0.2) is 36.8 Å². The molecule has 28 heavy (non-hydrogen) atoms. The molecule has 8 nitrogen and oxygen atoms in total. The van der Waals surface area contributed by atoms with Crippen molar-refractivity contribution in [2.24, 2.45) is 0 Å². The summed E-state index contributed by atoms with van der Waals surface area (Å²) in [4.78, 5) is 13.6. The van der Waals surface area contributed by atoms with E-state index < -0.39 is 0 Å². The summed E-state index contributed by atoms with van der Waals surface area (Å²) in [5, 5.41) is 13.6. The molecule has 0 atom stereocenters. The minimum absolute atomic E-state index is 0.530. The number of hydrogen-bond acceptors (Lipinski definition) is 7. The Labute approximate surface area is 165 Å². The fourth-order valence-electron chi connectivity index (χ4n) is 3.45. The lowest BCUT2D eigenvalue weighted by Crippen LogP contribution is -1.99. The summed E-state index contributed by atoms with van der Waals surface area (Å²) in [5.74, 6) is 1.41. The molecular formula is C19H19N7OS. The summed E-state index contributed by atoms with van der Waals surface area (Å²) < 4.78 is 7.40. The van der Waals surface area contributed by atoms with Crippen LogP contribution in [0.4, 0.5) is 10.9 Å². The molecule has 0 aromatic carbocycles. The smallest absolute Gasteiger partial charge is 0.238 e. The van der Waals surface area contributed by atoms with E-state index in [0.717, 1.165) is 46.6 Å². The van der Waals surface area contributed by atoms with Crippen molar-refractivity contribution in [2.45, 2.75) is 26.2 Å². The monoisotopic (exact) mass is 393 g/mol. The standard InChI is InChI=1S/C19H19N7OS/c1-11-8-26(10-20-11)16-7-6-14(21-18(16)27-2)15-9-28-19(22-15)23-17-12-4-3-5-13(12)24-25-17/h6-10H,3-5H2,1-2H3,(H2,22,23,24,25). The Morgan fingerprint density at radius 2 is 2.14 bits per heavy atom. The summed E-state index contributed by atoms with van der Waals surface area (Å²) >= 11 is 1.53. The number of thiazole rings is 1. The van der Waals surface area contributed by atoms with Gasteiger partial charge in [0.2, 0.25) is 5.88 Å². The van der Waals surface area contributed by atoms with Crippen molar-refractivity contribution >= 4 is 22.3 Å². The fraction of sp³-hybridized carbons (Fsp3) is 0.263.